The lowest BCUT2D eigenvalue weighted by Gasteiger charge is -1.74. The summed E-state index contributed by atoms with van der Waals surface area (Å²) in [5, 5.41) is 0. The molecule has 30 valence electrons. The standard InChI is InChI=1S/C4H4N2/c1-6-3-2-5-4-6/h3H,1H3. The van der Waals surface area contributed by atoms with Gasteiger partial charge in [-0.1, -0.05) is 0 Å². The van der Waals surface area contributed by atoms with Crippen molar-refractivity contribution < 1.29 is 0 Å². The molecule has 1 aromatic heterocycles. The summed E-state index contributed by atoms with van der Waals surface area (Å²) in [4.78, 5) is 3.53. The van der Waals surface area contributed by atoms with E-state index in [1.807, 2.05) is 7.05 Å². The van der Waals surface area contributed by atoms with Crippen LogP contribution in [0.25, 0.3) is 0 Å². The largest absolute Gasteiger partial charge is 0.331 e. The van der Waals surface area contributed by atoms with Crippen molar-refractivity contribution in [2.75, 3.05) is 0 Å². The number of imidazole rings is 1. The summed E-state index contributed by atoms with van der Waals surface area (Å²) in [6, 6.07) is 0. The van der Waals surface area contributed by atoms with E-state index in [9.17, 15) is 0 Å². The van der Waals surface area contributed by atoms with E-state index in [1.54, 1.807) is 10.8 Å². The van der Waals surface area contributed by atoms with Gasteiger partial charge in [-0.2, -0.15) is 0 Å². The van der Waals surface area contributed by atoms with E-state index >= 15 is 0 Å². The van der Waals surface area contributed by atoms with E-state index in [2.05, 4.69) is 17.5 Å². The second-order valence-electron chi connectivity index (χ2n) is 1.08. The van der Waals surface area contributed by atoms with Gasteiger partial charge in [0.1, 0.15) is 6.20 Å². The molecule has 2 radical (unpaired) electrons. The summed E-state index contributed by atoms with van der Waals surface area (Å²) in [5.74, 6) is 0. The lowest BCUT2D eigenvalue weighted by atomic mass is 10.9. The van der Waals surface area contributed by atoms with Crippen molar-refractivity contribution in [1.82, 2.24) is 9.55 Å². The van der Waals surface area contributed by atoms with Crippen molar-refractivity contribution in [2.24, 2.45) is 7.05 Å². The predicted molar refractivity (Wildman–Crippen MR) is 20.9 cm³/mol. The minimum Gasteiger partial charge on any atom is -0.331 e. The lowest BCUT2D eigenvalue weighted by Crippen LogP contribution is -1.77. The van der Waals surface area contributed by atoms with Gasteiger partial charge in [-0.3, -0.25) is 0 Å². The van der Waals surface area contributed by atoms with Gasteiger partial charge in [-0.15, -0.1) is 0 Å². The number of aromatic nitrogens is 2. The summed E-state index contributed by atoms with van der Waals surface area (Å²) in [6.45, 7) is 0. The fourth-order valence-corrected chi connectivity index (χ4v) is 0.252. The van der Waals surface area contributed by atoms with E-state index < -0.39 is 0 Å². The van der Waals surface area contributed by atoms with Gasteiger partial charge in [0.25, 0.3) is 0 Å². The monoisotopic (exact) mass is 80.0 g/mol. The van der Waals surface area contributed by atoms with Crippen LogP contribution in [0, 0.1) is 12.5 Å². The minimum absolute atomic E-state index is 1.71. The molecule has 0 N–H and O–H groups in total. The third-order valence-corrected chi connectivity index (χ3v) is 0.524. The number of hydrogen-bond acceptors (Lipinski definition) is 1. The van der Waals surface area contributed by atoms with Gasteiger partial charge in [0.15, 0.2) is 6.33 Å². The Morgan fingerprint density at radius 1 is 1.83 bits per heavy atom. The van der Waals surface area contributed by atoms with Crippen LogP contribution < -0.4 is 0 Å². The predicted octanol–water partition coefficient (Wildman–Crippen LogP) is 0.0205. The maximum atomic E-state index is 3.53. The maximum Gasteiger partial charge on any atom is 0.176 e. The normalized spacial score (nSPS) is 8.83. The highest BCUT2D eigenvalue weighted by atomic mass is 15.0. The zero-order chi connectivity index (χ0) is 4.41. The number of hydrogen-bond donors (Lipinski definition) is 0. The highest BCUT2D eigenvalue weighted by Crippen LogP contribution is 1.70. The van der Waals surface area contributed by atoms with E-state index in [4.69, 9.17) is 0 Å². The van der Waals surface area contributed by atoms with Crippen molar-refractivity contribution in [3.05, 3.63) is 18.7 Å². The molecule has 0 unspecified atom stereocenters. The van der Waals surface area contributed by atoms with Gasteiger partial charge >= 0.3 is 0 Å². The molecule has 6 heavy (non-hydrogen) atoms. The summed E-state index contributed by atoms with van der Waals surface area (Å²) in [7, 11) is 1.85. The average Bonchev–Trinajstić information content (AvgIpc) is 1.86. The van der Waals surface area contributed by atoms with Crippen LogP contribution in [0.3, 0.4) is 0 Å². The molecule has 2 heteroatoms. The molecule has 1 rings (SSSR count). The van der Waals surface area contributed by atoms with Crippen molar-refractivity contribution in [3.63, 3.8) is 0 Å². The Balaban J connectivity index is 3.05. The average molecular weight is 80.1 g/mol. The van der Waals surface area contributed by atoms with Gasteiger partial charge in [0.05, 0.1) is 0 Å². The van der Waals surface area contributed by atoms with Crippen molar-refractivity contribution >= 4 is 0 Å². The Morgan fingerprint density at radius 2 is 2.67 bits per heavy atom. The molecule has 0 aliphatic heterocycles. The first-order valence-corrected chi connectivity index (χ1v) is 1.66. The molecule has 1 aromatic rings. The number of rotatable bonds is 0. The van der Waals surface area contributed by atoms with Gasteiger partial charge in [-0.05, 0) is 0 Å². The van der Waals surface area contributed by atoms with Gasteiger partial charge in [0, 0.05) is 13.2 Å². The molecule has 0 aromatic carbocycles. The third-order valence-electron chi connectivity index (χ3n) is 0.524. The molecule has 0 aliphatic rings. The molecule has 0 saturated carbocycles. The molecule has 1 heterocycles. The molecule has 2 nitrogen and oxygen atoms in total. The molecular formula is C4H4N2. The first-order chi connectivity index (χ1) is 2.89. The Hall–Kier alpha value is -0.790. The van der Waals surface area contributed by atoms with E-state index in [0.717, 1.165) is 0 Å². The van der Waals surface area contributed by atoms with Crippen LogP contribution in [0.5, 0.6) is 0 Å². The van der Waals surface area contributed by atoms with Crippen molar-refractivity contribution in [3.8, 4) is 0 Å². The van der Waals surface area contributed by atoms with Gasteiger partial charge in [0.2, 0.25) is 0 Å². The second-order valence-corrected chi connectivity index (χ2v) is 1.08. The molecule has 0 atom stereocenters. The van der Waals surface area contributed by atoms with Crippen LogP contribution in [-0.2, 0) is 7.05 Å². The molecule has 0 saturated heterocycles. The van der Waals surface area contributed by atoms with Crippen LogP contribution in [0.4, 0.5) is 0 Å². The Kier molecular flexibility index (Phi) is 0.638. The summed E-state index contributed by atoms with van der Waals surface area (Å²) >= 11 is 0. The van der Waals surface area contributed by atoms with Crippen LogP contribution in [0.1, 0.15) is 0 Å². The molecule has 0 aliphatic carbocycles. The Labute approximate surface area is 36.4 Å². The zero-order valence-electron chi connectivity index (χ0n) is 3.47. The second kappa shape index (κ2) is 1.12. The fourth-order valence-electron chi connectivity index (χ4n) is 0.252. The lowest BCUT2D eigenvalue weighted by molar-refractivity contribution is 0.902. The fraction of sp³-hybridized carbons (Fsp3) is 0.250. The summed E-state index contributed by atoms with van der Waals surface area (Å²) in [6.07, 6.45) is 6.91. The quantitative estimate of drug-likeness (QED) is 0.429. The first-order valence-electron chi connectivity index (χ1n) is 1.66. The van der Waals surface area contributed by atoms with E-state index in [0.29, 0.717) is 0 Å². The van der Waals surface area contributed by atoms with Crippen LogP contribution in [0.15, 0.2) is 6.20 Å². The Bertz CT molecular complexity index is 109. The molecule has 0 fully saturated rings. The van der Waals surface area contributed by atoms with Crippen molar-refractivity contribution in [2.45, 2.75) is 0 Å². The molecule has 0 spiro atoms. The molecule has 0 bridgehead atoms. The highest BCUT2D eigenvalue weighted by molar-refractivity contribution is 4.65. The Morgan fingerprint density at radius 3 is 2.83 bits per heavy atom. The summed E-state index contributed by atoms with van der Waals surface area (Å²) in [5.41, 5.74) is 0. The summed E-state index contributed by atoms with van der Waals surface area (Å²) < 4.78 is 1.71. The number of nitrogens with zero attached hydrogens (tertiary/aromatic N) is 2. The third kappa shape index (κ3) is 0.407. The van der Waals surface area contributed by atoms with E-state index in [-0.39, 0.29) is 0 Å². The van der Waals surface area contributed by atoms with Crippen LogP contribution in [0.2, 0.25) is 0 Å². The van der Waals surface area contributed by atoms with Gasteiger partial charge < -0.3 is 4.57 Å². The molecule has 0 amide bonds. The van der Waals surface area contributed by atoms with Crippen molar-refractivity contribution in [1.29, 1.82) is 0 Å². The van der Waals surface area contributed by atoms with E-state index in [1.165, 1.54) is 0 Å². The van der Waals surface area contributed by atoms with Crippen LogP contribution >= 0.6 is 0 Å². The van der Waals surface area contributed by atoms with Crippen LogP contribution in [-0.4, -0.2) is 9.55 Å². The van der Waals surface area contributed by atoms with Gasteiger partial charge in [-0.25, -0.2) is 4.98 Å². The zero-order valence-corrected chi connectivity index (χ0v) is 3.47. The molecular weight excluding hydrogens is 76.1 g/mol. The topological polar surface area (TPSA) is 17.8 Å². The maximum absolute atomic E-state index is 3.53. The first kappa shape index (κ1) is 3.40. The minimum atomic E-state index is 1.71. The number of aryl methyl sites for hydroxylation is 1. The smallest absolute Gasteiger partial charge is 0.176 e. The SMILES string of the molecule is Cn1[c]n[c]c1. The highest BCUT2D eigenvalue weighted by Gasteiger charge is 1.72.